The minimum atomic E-state index is 0.433. The van der Waals surface area contributed by atoms with Crippen molar-refractivity contribution in [3.63, 3.8) is 0 Å². The number of aromatic nitrogens is 2. The maximum Gasteiger partial charge on any atom is 0.0849 e. The van der Waals surface area contributed by atoms with Crippen LogP contribution in [0.2, 0.25) is 10.0 Å². The Balaban J connectivity index is 2.16. The van der Waals surface area contributed by atoms with Gasteiger partial charge in [-0.25, -0.2) is 0 Å². The number of hydrogen-bond acceptors (Lipinski definition) is 1. The van der Waals surface area contributed by atoms with Gasteiger partial charge in [0.15, 0.2) is 0 Å². The Labute approximate surface area is 144 Å². The molecule has 114 valence electrons. The van der Waals surface area contributed by atoms with E-state index >= 15 is 0 Å². The Morgan fingerprint density at radius 2 is 1.95 bits per heavy atom. The molecule has 0 aliphatic heterocycles. The maximum absolute atomic E-state index is 6.44. The second-order valence-electron chi connectivity index (χ2n) is 5.20. The van der Waals surface area contributed by atoms with Crippen molar-refractivity contribution in [3.05, 3.63) is 51.3 Å². The molecular weight excluding hydrogens is 371 g/mol. The van der Waals surface area contributed by atoms with Gasteiger partial charge in [0.1, 0.15) is 0 Å². The Bertz CT molecular complexity index is 610. The predicted molar refractivity (Wildman–Crippen MR) is 93.7 cm³/mol. The summed E-state index contributed by atoms with van der Waals surface area (Å²) in [5, 5.41) is 7.03. The van der Waals surface area contributed by atoms with Crippen LogP contribution in [-0.2, 0) is 26.3 Å². The highest BCUT2D eigenvalue weighted by Crippen LogP contribution is 2.27. The van der Waals surface area contributed by atoms with E-state index in [2.05, 4.69) is 34.0 Å². The zero-order valence-corrected chi connectivity index (χ0v) is 15.3. The van der Waals surface area contributed by atoms with Gasteiger partial charge < -0.3 is 0 Å². The molecule has 0 amide bonds. The van der Waals surface area contributed by atoms with E-state index in [9.17, 15) is 0 Å². The number of benzene rings is 1. The van der Waals surface area contributed by atoms with E-state index in [1.165, 1.54) is 5.56 Å². The number of aryl methyl sites for hydroxylation is 2. The molecule has 0 saturated carbocycles. The molecule has 2 nitrogen and oxygen atoms in total. The first kappa shape index (κ1) is 16.9. The fourth-order valence-electron chi connectivity index (χ4n) is 2.47. The molecule has 1 atom stereocenters. The van der Waals surface area contributed by atoms with Gasteiger partial charge in [0.25, 0.3) is 0 Å². The first-order valence-corrected chi connectivity index (χ1v) is 8.94. The summed E-state index contributed by atoms with van der Waals surface area (Å²) in [6.07, 6.45) is 2.67. The van der Waals surface area contributed by atoms with E-state index in [1.807, 2.05) is 29.9 Å². The van der Waals surface area contributed by atoms with Crippen LogP contribution in [0.5, 0.6) is 0 Å². The molecular formula is C16H19BrCl2N2. The Hall–Kier alpha value is -0.510. The molecule has 1 aromatic carbocycles. The SMILES string of the molecule is CCc1nn(C)c(CC(CBr)Cc2ccccc2Cl)c1Cl. The van der Waals surface area contributed by atoms with Crippen molar-refractivity contribution < 1.29 is 0 Å². The summed E-state index contributed by atoms with van der Waals surface area (Å²) < 4.78 is 1.91. The van der Waals surface area contributed by atoms with E-state index in [-0.39, 0.29) is 0 Å². The summed E-state index contributed by atoms with van der Waals surface area (Å²) in [5.74, 6) is 0.433. The van der Waals surface area contributed by atoms with Gasteiger partial charge in [-0.3, -0.25) is 4.68 Å². The van der Waals surface area contributed by atoms with E-state index < -0.39 is 0 Å². The molecule has 0 N–H and O–H groups in total. The van der Waals surface area contributed by atoms with Crippen LogP contribution in [0, 0.1) is 5.92 Å². The first-order chi connectivity index (χ1) is 10.1. The quantitative estimate of drug-likeness (QED) is 0.629. The lowest BCUT2D eigenvalue weighted by Crippen LogP contribution is -2.13. The van der Waals surface area contributed by atoms with Gasteiger partial charge in [0.2, 0.25) is 0 Å². The Morgan fingerprint density at radius 1 is 1.24 bits per heavy atom. The van der Waals surface area contributed by atoms with E-state index in [0.29, 0.717) is 5.92 Å². The molecule has 0 saturated heterocycles. The lowest BCUT2D eigenvalue weighted by atomic mass is 9.96. The largest absolute Gasteiger partial charge is 0.271 e. The average molecular weight is 390 g/mol. The van der Waals surface area contributed by atoms with Crippen LogP contribution in [0.4, 0.5) is 0 Å². The zero-order valence-electron chi connectivity index (χ0n) is 12.2. The first-order valence-electron chi connectivity index (χ1n) is 7.06. The smallest absolute Gasteiger partial charge is 0.0849 e. The van der Waals surface area contributed by atoms with Crippen molar-refractivity contribution in [1.29, 1.82) is 0 Å². The number of halogens is 3. The highest BCUT2D eigenvalue weighted by molar-refractivity contribution is 9.09. The summed E-state index contributed by atoms with van der Waals surface area (Å²) in [7, 11) is 1.96. The second-order valence-corrected chi connectivity index (χ2v) is 6.64. The summed E-state index contributed by atoms with van der Waals surface area (Å²) >= 11 is 16.3. The molecule has 21 heavy (non-hydrogen) atoms. The minimum absolute atomic E-state index is 0.433. The summed E-state index contributed by atoms with van der Waals surface area (Å²) in [5.41, 5.74) is 3.25. The summed E-state index contributed by atoms with van der Waals surface area (Å²) in [6.45, 7) is 2.07. The standard InChI is InChI=1S/C16H19BrCl2N2/c1-3-14-16(19)15(21(2)20-14)9-11(10-17)8-12-6-4-5-7-13(12)18/h4-7,11H,3,8-10H2,1-2H3. The topological polar surface area (TPSA) is 17.8 Å². The predicted octanol–water partition coefficient (Wildman–Crippen LogP) is 5.09. The fourth-order valence-corrected chi connectivity index (χ4v) is 3.51. The van der Waals surface area contributed by atoms with E-state index in [4.69, 9.17) is 23.2 Å². The molecule has 1 unspecified atom stereocenters. The van der Waals surface area contributed by atoms with Gasteiger partial charge in [-0.1, -0.05) is 64.3 Å². The van der Waals surface area contributed by atoms with Crippen LogP contribution in [0.3, 0.4) is 0 Å². The van der Waals surface area contributed by atoms with Crippen molar-refractivity contribution >= 4 is 39.1 Å². The van der Waals surface area contributed by atoms with Crippen molar-refractivity contribution in [2.75, 3.05) is 5.33 Å². The molecule has 1 aromatic heterocycles. The maximum atomic E-state index is 6.44. The van der Waals surface area contributed by atoms with Gasteiger partial charge in [-0.15, -0.1) is 0 Å². The molecule has 1 heterocycles. The fraction of sp³-hybridized carbons (Fsp3) is 0.438. The molecule has 0 spiro atoms. The third kappa shape index (κ3) is 4.02. The van der Waals surface area contributed by atoms with Crippen LogP contribution >= 0.6 is 39.1 Å². The number of rotatable bonds is 6. The highest BCUT2D eigenvalue weighted by Gasteiger charge is 2.18. The zero-order chi connectivity index (χ0) is 15.4. The van der Waals surface area contributed by atoms with Crippen molar-refractivity contribution in [2.45, 2.75) is 26.2 Å². The Morgan fingerprint density at radius 3 is 2.52 bits per heavy atom. The number of hydrogen-bond donors (Lipinski definition) is 0. The number of alkyl halides is 1. The van der Waals surface area contributed by atoms with Crippen LogP contribution in [0.1, 0.15) is 23.9 Å². The monoisotopic (exact) mass is 388 g/mol. The average Bonchev–Trinajstić information content (AvgIpc) is 2.75. The van der Waals surface area contributed by atoms with Crippen LogP contribution < -0.4 is 0 Å². The van der Waals surface area contributed by atoms with Crippen LogP contribution in [0.25, 0.3) is 0 Å². The highest BCUT2D eigenvalue weighted by atomic mass is 79.9. The van der Waals surface area contributed by atoms with Crippen molar-refractivity contribution in [2.24, 2.45) is 13.0 Å². The summed E-state index contributed by atoms with van der Waals surface area (Å²) in [4.78, 5) is 0. The lowest BCUT2D eigenvalue weighted by molar-refractivity contribution is 0.557. The molecule has 0 radical (unpaired) electrons. The van der Waals surface area contributed by atoms with Gasteiger partial charge in [0.05, 0.1) is 16.4 Å². The lowest BCUT2D eigenvalue weighted by Gasteiger charge is -2.15. The van der Waals surface area contributed by atoms with Crippen LogP contribution in [0.15, 0.2) is 24.3 Å². The van der Waals surface area contributed by atoms with E-state index in [1.54, 1.807) is 0 Å². The van der Waals surface area contributed by atoms with Crippen LogP contribution in [-0.4, -0.2) is 15.1 Å². The van der Waals surface area contributed by atoms with Gasteiger partial charge >= 0.3 is 0 Å². The molecule has 0 aliphatic rings. The Kier molecular flexibility index (Phi) is 6.15. The van der Waals surface area contributed by atoms with Crippen molar-refractivity contribution in [3.8, 4) is 0 Å². The molecule has 0 aliphatic carbocycles. The summed E-state index contributed by atoms with van der Waals surface area (Å²) in [6, 6.07) is 8.01. The van der Waals surface area contributed by atoms with Gasteiger partial charge in [0, 0.05) is 17.4 Å². The molecule has 0 fully saturated rings. The minimum Gasteiger partial charge on any atom is -0.271 e. The van der Waals surface area contributed by atoms with Crippen molar-refractivity contribution in [1.82, 2.24) is 9.78 Å². The third-order valence-corrected chi connectivity index (χ3v) is 5.39. The third-order valence-electron chi connectivity index (χ3n) is 3.67. The van der Waals surface area contributed by atoms with Gasteiger partial charge in [-0.05, 0) is 36.8 Å². The molecule has 5 heteroatoms. The normalized spacial score (nSPS) is 12.6. The molecule has 0 bridgehead atoms. The number of nitrogens with zero attached hydrogens (tertiary/aromatic N) is 2. The molecule has 2 rings (SSSR count). The molecule has 2 aromatic rings. The van der Waals surface area contributed by atoms with Gasteiger partial charge in [-0.2, -0.15) is 5.10 Å². The second kappa shape index (κ2) is 7.66. The van der Waals surface area contributed by atoms with E-state index in [0.717, 1.165) is 46.0 Å².